The molecular formula is C36H40BrN9O3. The van der Waals surface area contributed by atoms with Gasteiger partial charge in [0.25, 0.3) is 5.91 Å². The van der Waals surface area contributed by atoms with Gasteiger partial charge in [-0.25, -0.2) is 14.8 Å². The van der Waals surface area contributed by atoms with Crippen molar-refractivity contribution in [2.75, 3.05) is 57.9 Å². The molecule has 2 aromatic carbocycles. The molecule has 0 saturated carbocycles. The third-order valence-corrected chi connectivity index (χ3v) is 9.66. The summed E-state index contributed by atoms with van der Waals surface area (Å²) in [6, 6.07) is 19.7. The number of ether oxygens (including phenoxy) is 1. The van der Waals surface area contributed by atoms with E-state index < -0.39 is 6.09 Å². The summed E-state index contributed by atoms with van der Waals surface area (Å²) in [4.78, 5) is 43.7. The van der Waals surface area contributed by atoms with E-state index in [4.69, 9.17) is 4.74 Å². The van der Waals surface area contributed by atoms with Crippen molar-refractivity contribution in [1.82, 2.24) is 35.0 Å². The highest BCUT2D eigenvalue weighted by atomic mass is 79.9. The molecule has 6 rings (SSSR count). The van der Waals surface area contributed by atoms with Crippen LogP contribution in [0.25, 0.3) is 0 Å². The van der Waals surface area contributed by atoms with Crippen LogP contribution in [0.5, 0.6) is 0 Å². The average Bonchev–Trinajstić information content (AvgIpc) is 3.14. The third-order valence-electron chi connectivity index (χ3n) is 9.10. The minimum atomic E-state index is -0.500. The molecule has 3 aliphatic heterocycles. The second-order valence-corrected chi connectivity index (χ2v) is 13.3. The van der Waals surface area contributed by atoms with Crippen molar-refractivity contribution in [3.8, 4) is 6.07 Å². The smallest absolute Gasteiger partial charge is 0.414 e. The van der Waals surface area contributed by atoms with Crippen LogP contribution in [0.4, 0.5) is 10.6 Å². The van der Waals surface area contributed by atoms with E-state index in [1.165, 1.54) is 28.9 Å². The standard InChI is InChI=1S/C36H40BrN9O3/c1-42-19-21-44(22-20-42)30-11-15-43(16-12-30)25-27-7-9-29(10-8-27)35(47)41-46(34-32(37)24-39-33(23-38)40-34)31-13-17-45(18-14-31)36(48)49-26-28-5-3-2-4-6-28/h2-10,13-14,17,24,30H,11-12,15-16,18-22,25-26H2,1H3,(H,41,47). The van der Waals surface area contributed by atoms with Gasteiger partial charge in [0.2, 0.25) is 5.82 Å². The number of halogens is 1. The second kappa shape index (κ2) is 16.2. The van der Waals surface area contributed by atoms with Gasteiger partial charge in [-0.3, -0.25) is 24.9 Å². The normalized spacial score (nSPS) is 17.7. The lowest BCUT2D eigenvalue weighted by molar-refractivity contribution is 0.0658. The minimum Gasteiger partial charge on any atom is -0.444 e. The Morgan fingerprint density at radius 2 is 1.76 bits per heavy atom. The molecule has 13 heteroatoms. The van der Waals surface area contributed by atoms with E-state index in [0.29, 0.717) is 21.8 Å². The fourth-order valence-corrected chi connectivity index (χ4v) is 6.58. The molecule has 0 aliphatic carbocycles. The van der Waals surface area contributed by atoms with Crippen molar-refractivity contribution >= 4 is 33.7 Å². The largest absolute Gasteiger partial charge is 0.444 e. The van der Waals surface area contributed by atoms with E-state index in [2.05, 4.69) is 53.1 Å². The molecule has 0 radical (unpaired) electrons. The Morgan fingerprint density at radius 1 is 1.02 bits per heavy atom. The van der Waals surface area contributed by atoms with Crippen molar-refractivity contribution in [2.24, 2.45) is 0 Å². The van der Waals surface area contributed by atoms with Gasteiger partial charge in [0, 0.05) is 63.3 Å². The van der Waals surface area contributed by atoms with Crippen LogP contribution in [0.3, 0.4) is 0 Å². The van der Waals surface area contributed by atoms with Gasteiger partial charge in [0.05, 0.1) is 10.2 Å². The van der Waals surface area contributed by atoms with Crippen molar-refractivity contribution in [1.29, 1.82) is 5.26 Å². The van der Waals surface area contributed by atoms with Crippen molar-refractivity contribution in [3.05, 3.63) is 112 Å². The van der Waals surface area contributed by atoms with Crippen LogP contribution in [-0.2, 0) is 17.9 Å². The van der Waals surface area contributed by atoms with Crippen LogP contribution >= 0.6 is 15.9 Å². The molecule has 12 nitrogen and oxygen atoms in total. The van der Waals surface area contributed by atoms with Gasteiger partial charge in [0.1, 0.15) is 12.7 Å². The van der Waals surface area contributed by atoms with Crippen molar-refractivity contribution in [3.63, 3.8) is 0 Å². The van der Waals surface area contributed by atoms with E-state index in [1.807, 2.05) is 60.7 Å². The number of hydrogen-bond acceptors (Lipinski definition) is 10. The molecule has 1 N–H and O–H groups in total. The Hall–Kier alpha value is -4.61. The summed E-state index contributed by atoms with van der Waals surface area (Å²) in [7, 11) is 2.20. The number of likely N-dealkylation sites (tertiary alicyclic amines) is 1. The highest BCUT2D eigenvalue weighted by Gasteiger charge is 2.27. The molecular weight excluding hydrogens is 686 g/mol. The van der Waals surface area contributed by atoms with Crippen LogP contribution in [0.2, 0.25) is 0 Å². The van der Waals surface area contributed by atoms with Crippen LogP contribution in [0, 0.1) is 11.3 Å². The first-order chi connectivity index (χ1) is 23.9. The number of benzene rings is 2. The number of likely N-dealkylation sites (N-methyl/N-ethyl adjacent to an activating group) is 1. The number of amides is 2. The summed E-state index contributed by atoms with van der Waals surface area (Å²) < 4.78 is 5.93. The lowest BCUT2D eigenvalue weighted by atomic mass is 10.0. The molecule has 0 unspecified atom stereocenters. The van der Waals surface area contributed by atoms with Gasteiger partial charge in [-0.1, -0.05) is 42.5 Å². The number of allylic oxidation sites excluding steroid dienone is 1. The lowest BCUT2D eigenvalue weighted by Gasteiger charge is -2.42. The molecule has 0 bridgehead atoms. The Bertz CT molecular complexity index is 1710. The Morgan fingerprint density at radius 3 is 2.43 bits per heavy atom. The summed E-state index contributed by atoms with van der Waals surface area (Å²) in [6.07, 6.45) is 8.35. The zero-order chi connectivity index (χ0) is 34.2. The number of nitriles is 1. The molecule has 2 fully saturated rings. The Kier molecular flexibility index (Phi) is 11.3. The fraction of sp³-hybridized carbons (Fsp3) is 0.361. The van der Waals surface area contributed by atoms with E-state index in [0.717, 1.165) is 56.9 Å². The highest BCUT2D eigenvalue weighted by molar-refractivity contribution is 9.10. The number of piperidine rings is 1. The SMILES string of the molecule is CN1CCN(C2CCN(Cc3ccc(C(=O)NN(C4=CCN(C(=O)OCc5ccccc5)C=C4)c4nc(C#N)ncc4Br)cc3)CC2)CC1. The maximum Gasteiger partial charge on any atom is 0.414 e. The summed E-state index contributed by atoms with van der Waals surface area (Å²) in [5, 5.41) is 11.0. The molecule has 254 valence electrons. The second-order valence-electron chi connectivity index (χ2n) is 12.4. The molecule has 0 atom stereocenters. The summed E-state index contributed by atoms with van der Waals surface area (Å²) in [6.45, 7) is 7.94. The molecule has 4 heterocycles. The van der Waals surface area contributed by atoms with Crippen molar-refractivity contribution < 1.29 is 14.3 Å². The number of nitrogens with zero attached hydrogens (tertiary/aromatic N) is 8. The lowest BCUT2D eigenvalue weighted by Crippen LogP contribution is -2.52. The predicted molar refractivity (Wildman–Crippen MR) is 189 cm³/mol. The van der Waals surface area contributed by atoms with Crippen LogP contribution < -0.4 is 10.4 Å². The van der Waals surface area contributed by atoms with E-state index in [-0.39, 0.29) is 30.7 Å². The van der Waals surface area contributed by atoms with Crippen LogP contribution in [0.15, 0.2) is 89.3 Å². The number of hydrogen-bond donors (Lipinski definition) is 1. The topological polar surface area (TPSA) is 121 Å². The summed E-state index contributed by atoms with van der Waals surface area (Å²) in [5.41, 5.74) is 5.99. The van der Waals surface area contributed by atoms with Gasteiger partial charge in [-0.05, 0) is 84.3 Å². The van der Waals surface area contributed by atoms with Gasteiger partial charge >= 0.3 is 6.09 Å². The van der Waals surface area contributed by atoms with Crippen LogP contribution in [0.1, 0.15) is 40.2 Å². The van der Waals surface area contributed by atoms with Gasteiger partial charge in [-0.15, -0.1) is 0 Å². The Balaban J connectivity index is 1.08. The number of aromatic nitrogens is 2. The summed E-state index contributed by atoms with van der Waals surface area (Å²) in [5.74, 6) is -0.143. The number of rotatable bonds is 9. The Labute approximate surface area is 295 Å². The maximum atomic E-state index is 13.6. The zero-order valence-electron chi connectivity index (χ0n) is 27.5. The number of carbonyl (C=O) groups excluding carboxylic acids is 2. The molecule has 2 amide bonds. The molecule has 3 aromatic rings. The maximum absolute atomic E-state index is 13.6. The number of carbonyl (C=O) groups is 2. The first-order valence-electron chi connectivity index (χ1n) is 16.5. The fourth-order valence-electron chi connectivity index (χ4n) is 6.21. The number of anilines is 1. The van der Waals surface area contributed by atoms with Crippen molar-refractivity contribution in [2.45, 2.75) is 32.0 Å². The number of nitrogens with one attached hydrogen (secondary N) is 1. The highest BCUT2D eigenvalue weighted by Crippen LogP contribution is 2.27. The zero-order valence-corrected chi connectivity index (χ0v) is 29.1. The molecule has 0 spiro atoms. The van der Waals surface area contributed by atoms with Crippen LogP contribution in [-0.4, -0.2) is 100 Å². The first-order valence-corrected chi connectivity index (χ1v) is 17.3. The van der Waals surface area contributed by atoms with Gasteiger partial charge in [-0.2, -0.15) is 10.2 Å². The molecule has 3 aliphatic rings. The van der Waals surface area contributed by atoms with E-state index in [9.17, 15) is 14.9 Å². The predicted octanol–water partition coefficient (Wildman–Crippen LogP) is 4.52. The summed E-state index contributed by atoms with van der Waals surface area (Å²) >= 11 is 3.46. The van der Waals surface area contributed by atoms with E-state index >= 15 is 0 Å². The van der Waals surface area contributed by atoms with E-state index in [1.54, 1.807) is 18.4 Å². The number of piperazine rings is 1. The molecule has 2 saturated heterocycles. The average molecular weight is 727 g/mol. The first kappa shape index (κ1) is 34.3. The van der Waals surface area contributed by atoms with Gasteiger partial charge in [0.15, 0.2) is 5.82 Å². The quantitative estimate of drug-likeness (QED) is 0.315. The monoisotopic (exact) mass is 725 g/mol. The molecule has 49 heavy (non-hydrogen) atoms. The van der Waals surface area contributed by atoms with Gasteiger partial charge < -0.3 is 9.64 Å². The third kappa shape index (κ3) is 8.90. The minimum absolute atomic E-state index is 0.0547. The number of hydrazine groups is 1. The molecule has 1 aromatic heterocycles.